The molecule has 2 heterocycles. The molecule has 1 fully saturated rings. The van der Waals surface area contributed by atoms with E-state index < -0.39 is 0 Å². The Labute approximate surface area is 158 Å². The smallest absolute Gasteiger partial charge is 0.319 e. The molecule has 2 aliphatic rings. The molecule has 1 aliphatic heterocycles. The zero-order valence-corrected chi connectivity index (χ0v) is 15.4. The highest BCUT2D eigenvalue weighted by Gasteiger charge is 2.24. The predicted octanol–water partition coefficient (Wildman–Crippen LogP) is 3.93. The van der Waals surface area contributed by atoms with E-state index in [-0.39, 0.29) is 18.0 Å². The van der Waals surface area contributed by atoms with Crippen molar-refractivity contribution in [3.05, 3.63) is 53.5 Å². The Morgan fingerprint density at radius 1 is 1.07 bits per heavy atom. The Kier molecular flexibility index (Phi) is 5.14. The molecule has 0 unspecified atom stereocenters. The molecule has 0 radical (unpaired) electrons. The van der Waals surface area contributed by atoms with E-state index in [2.05, 4.69) is 10.6 Å². The zero-order valence-electron chi connectivity index (χ0n) is 15.4. The van der Waals surface area contributed by atoms with E-state index in [1.165, 1.54) is 31.1 Å². The first-order valence-electron chi connectivity index (χ1n) is 9.71. The third-order valence-corrected chi connectivity index (χ3v) is 5.44. The lowest BCUT2D eigenvalue weighted by molar-refractivity contribution is 0.0702. The number of fused-ring (bicyclic) bond motifs is 1. The molecule has 1 aromatic carbocycles. The van der Waals surface area contributed by atoms with E-state index in [0.717, 1.165) is 30.5 Å². The summed E-state index contributed by atoms with van der Waals surface area (Å²) in [5, 5.41) is 6.00. The molecule has 0 atom stereocenters. The van der Waals surface area contributed by atoms with Gasteiger partial charge in [0.15, 0.2) is 5.76 Å². The summed E-state index contributed by atoms with van der Waals surface area (Å²) >= 11 is 0. The highest BCUT2D eigenvalue weighted by atomic mass is 16.3. The van der Waals surface area contributed by atoms with Gasteiger partial charge in [0.2, 0.25) is 0 Å². The minimum atomic E-state index is -0.152. The van der Waals surface area contributed by atoms with Gasteiger partial charge in [-0.3, -0.25) is 4.79 Å². The predicted molar refractivity (Wildman–Crippen MR) is 103 cm³/mol. The molecule has 0 saturated heterocycles. The first kappa shape index (κ1) is 17.6. The normalized spacial score (nSPS) is 17.3. The van der Waals surface area contributed by atoms with Gasteiger partial charge >= 0.3 is 6.03 Å². The molecule has 0 bridgehead atoms. The Bertz CT molecular complexity index is 810. The molecule has 2 N–H and O–H groups in total. The van der Waals surface area contributed by atoms with Crippen molar-refractivity contribution in [3.8, 4) is 0 Å². The second-order valence-corrected chi connectivity index (χ2v) is 7.37. The van der Waals surface area contributed by atoms with Crippen LogP contribution in [0.1, 0.15) is 53.8 Å². The number of urea groups is 1. The van der Waals surface area contributed by atoms with Crippen LogP contribution in [0.15, 0.2) is 41.0 Å². The summed E-state index contributed by atoms with van der Waals surface area (Å²) in [5.41, 5.74) is 3.04. The van der Waals surface area contributed by atoms with E-state index in [1.807, 2.05) is 18.2 Å². The molecule has 3 amide bonds. The Balaban J connectivity index is 1.40. The second kappa shape index (κ2) is 7.86. The number of carbonyl (C=O) groups is 2. The van der Waals surface area contributed by atoms with E-state index in [0.29, 0.717) is 18.8 Å². The highest BCUT2D eigenvalue weighted by molar-refractivity contribution is 5.92. The van der Waals surface area contributed by atoms with Crippen molar-refractivity contribution in [1.29, 1.82) is 0 Å². The fraction of sp³-hybridized carbons (Fsp3) is 0.429. The van der Waals surface area contributed by atoms with Gasteiger partial charge in [0, 0.05) is 24.8 Å². The van der Waals surface area contributed by atoms with Crippen LogP contribution in [0.2, 0.25) is 0 Å². The molecule has 1 aromatic heterocycles. The number of furan rings is 1. The standard InChI is InChI=1S/C21H25N3O3/c25-20(19-7-4-12-27-19)24-11-10-15-8-9-18(13-16(15)14-24)23-21(26)22-17-5-2-1-3-6-17/h4,7-9,12-13,17H,1-3,5-6,10-11,14H2,(H2,22,23,26). The number of nitrogens with one attached hydrogen (secondary N) is 2. The fourth-order valence-electron chi connectivity index (χ4n) is 3.96. The monoisotopic (exact) mass is 367 g/mol. The van der Waals surface area contributed by atoms with Crippen LogP contribution < -0.4 is 10.6 Å². The van der Waals surface area contributed by atoms with Gasteiger partial charge < -0.3 is 20.0 Å². The molecule has 4 rings (SSSR count). The van der Waals surface area contributed by atoms with Crippen LogP contribution in [0.4, 0.5) is 10.5 Å². The van der Waals surface area contributed by atoms with Gasteiger partial charge in [-0.05, 0) is 54.7 Å². The highest BCUT2D eigenvalue weighted by Crippen LogP contribution is 2.24. The van der Waals surface area contributed by atoms with Crippen molar-refractivity contribution in [1.82, 2.24) is 10.2 Å². The van der Waals surface area contributed by atoms with Gasteiger partial charge in [-0.15, -0.1) is 0 Å². The van der Waals surface area contributed by atoms with Crippen LogP contribution in [0, 0.1) is 0 Å². The third-order valence-electron chi connectivity index (χ3n) is 5.44. The lowest BCUT2D eigenvalue weighted by Crippen LogP contribution is -2.39. The zero-order chi connectivity index (χ0) is 18.6. The van der Waals surface area contributed by atoms with Gasteiger partial charge in [-0.1, -0.05) is 25.3 Å². The number of hydrogen-bond donors (Lipinski definition) is 2. The maximum absolute atomic E-state index is 12.5. The number of nitrogens with zero attached hydrogens (tertiary/aromatic N) is 1. The number of carbonyl (C=O) groups excluding carboxylic acids is 2. The molecule has 2 aromatic rings. The molecular formula is C21H25N3O3. The van der Waals surface area contributed by atoms with Crippen LogP contribution >= 0.6 is 0 Å². The molecule has 0 spiro atoms. The van der Waals surface area contributed by atoms with E-state index >= 15 is 0 Å². The van der Waals surface area contributed by atoms with Crippen LogP contribution in [-0.2, 0) is 13.0 Å². The van der Waals surface area contributed by atoms with Crippen molar-refractivity contribution >= 4 is 17.6 Å². The summed E-state index contributed by atoms with van der Waals surface area (Å²) in [6, 6.07) is 9.48. The average molecular weight is 367 g/mol. The van der Waals surface area contributed by atoms with Crippen molar-refractivity contribution in [2.45, 2.75) is 51.1 Å². The van der Waals surface area contributed by atoms with Gasteiger partial charge in [0.1, 0.15) is 0 Å². The van der Waals surface area contributed by atoms with Crippen LogP contribution in [-0.4, -0.2) is 29.4 Å². The minimum Gasteiger partial charge on any atom is -0.459 e. The average Bonchev–Trinajstić information content (AvgIpc) is 3.22. The molecule has 27 heavy (non-hydrogen) atoms. The molecule has 1 aliphatic carbocycles. The summed E-state index contributed by atoms with van der Waals surface area (Å²) in [7, 11) is 0. The molecule has 6 nitrogen and oxygen atoms in total. The SMILES string of the molecule is O=C(Nc1ccc2c(c1)CN(C(=O)c1ccco1)CC2)NC1CCCCC1. The summed E-state index contributed by atoms with van der Waals surface area (Å²) in [6.07, 6.45) is 8.06. The molecule has 142 valence electrons. The van der Waals surface area contributed by atoms with Crippen LogP contribution in [0.5, 0.6) is 0 Å². The number of benzene rings is 1. The number of anilines is 1. The third kappa shape index (κ3) is 4.15. The van der Waals surface area contributed by atoms with E-state index in [1.54, 1.807) is 17.0 Å². The first-order chi connectivity index (χ1) is 13.2. The number of hydrogen-bond acceptors (Lipinski definition) is 3. The quantitative estimate of drug-likeness (QED) is 0.863. The number of amides is 3. The first-order valence-corrected chi connectivity index (χ1v) is 9.71. The summed E-state index contributed by atoms with van der Waals surface area (Å²) < 4.78 is 5.23. The van der Waals surface area contributed by atoms with Gasteiger partial charge in [-0.2, -0.15) is 0 Å². The van der Waals surface area contributed by atoms with Crippen LogP contribution in [0.25, 0.3) is 0 Å². The lowest BCUT2D eigenvalue weighted by atomic mass is 9.96. The Hall–Kier alpha value is -2.76. The van der Waals surface area contributed by atoms with Crippen molar-refractivity contribution < 1.29 is 14.0 Å². The fourth-order valence-corrected chi connectivity index (χ4v) is 3.96. The largest absolute Gasteiger partial charge is 0.459 e. The minimum absolute atomic E-state index is 0.0981. The maximum atomic E-state index is 12.5. The van der Waals surface area contributed by atoms with Gasteiger partial charge in [0.05, 0.1) is 6.26 Å². The summed E-state index contributed by atoms with van der Waals surface area (Å²) in [6.45, 7) is 1.19. The van der Waals surface area contributed by atoms with Crippen molar-refractivity contribution in [3.63, 3.8) is 0 Å². The summed E-state index contributed by atoms with van der Waals surface area (Å²) in [5.74, 6) is 0.263. The molecular weight excluding hydrogens is 342 g/mol. The maximum Gasteiger partial charge on any atom is 0.319 e. The number of rotatable bonds is 3. The molecule has 1 saturated carbocycles. The Morgan fingerprint density at radius 3 is 2.70 bits per heavy atom. The van der Waals surface area contributed by atoms with E-state index in [4.69, 9.17) is 4.42 Å². The Morgan fingerprint density at radius 2 is 1.93 bits per heavy atom. The second-order valence-electron chi connectivity index (χ2n) is 7.37. The van der Waals surface area contributed by atoms with Crippen molar-refractivity contribution in [2.24, 2.45) is 0 Å². The van der Waals surface area contributed by atoms with Gasteiger partial charge in [0.25, 0.3) is 5.91 Å². The topological polar surface area (TPSA) is 74.6 Å². The summed E-state index contributed by atoms with van der Waals surface area (Å²) in [4.78, 5) is 26.6. The lowest BCUT2D eigenvalue weighted by Gasteiger charge is -2.28. The molecule has 6 heteroatoms. The van der Waals surface area contributed by atoms with Gasteiger partial charge in [-0.25, -0.2) is 4.79 Å². The van der Waals surface area contributed by atoms with Crippen molar-refractivity contribution in [2.75, 3.05) is 11.9 Å². The van der Waals surface area contributed by atoms with E-state index in [9.17, 15) is 9.59 Å². The van der Waals surface area contributed by atoms with Crippen LogP contribution in [0.3, 0.4) is 0 Å².